The monoisotopic (exact) mass is 229 g/mol. The number of anilines is 1. The zero-order chi connectivity index (χ0) is 11.7. The van der Waals surface area contributed by atoms with E-state index in [9.17, 15) is 0 Å². The molecule has 2 heterocycles. The first-order valence-corrected chi connectivity index (χ1v) is 5.95. The molecule has 0 amide bonds. The average molecular weight is 229 g/mol. The number of hydrogen-bond acceptors (Lipinski definition) is 4. The minimum Gasteiger partial charge on any atom is -0.382 e. The highest BCUT2D eigenvalue weighted by molar-refractivity contribution is 5.92. The minimum absolute atomic E-state index is 0.446. The Balaban J connectivity index is 2.12. The molecule has 1 aromatic carbocycles. The van der Waals surface area contributed by atoms with Gasteiger partial charge in [0.15, 0.2) is 5.82 Å². The quantitative estimate of drug-likeness (QED) is 0.813. The van der Waals surface area contributed by atoms with Gasteiger partial charge in [0.1, 0.15) is 0 Å². The summed E-state index contributed by atoms with van der Waals surface area (Å²) >= 11 is 0. The molecule has 1 aliphatic heterocycles. The van der Waals surface area contributed by atoms with Gasteiger partial charge >= 0.3 is 0 Å². The van der Waals surface area contributed by atoms with E-state index in [1.807, 2.05) is 18.2 Å². The molecule has 2 aromatic rings. The summed E-state index contributed by atoms with van der Waals surface area (Å²) in [5, 5.41) is 10.5. The Morgan fingerprint density at radius 3 is 2.53 bits per heavy atom. The van der Waals surface area contributed by atoms with E-state index in [-0.39, 0.29) is 0 Å². The molecule has 1 saturated heterocycles. The van der Waals surface area contributed by atoms with Gasteiger partial charge in [0, 0.05) is 29.9 Å². The Labute approximate surface area is 99.8 Å². The number of hydrogen-bond donors (Lipinski definition) is 1. The molecule has 3 rings (SSSR count). The molecule has 0 saturated carbocycles. The van der Waals surface area contributed by atoms with Crippen molar-refractivity contribution in [2.75, 3.05) is 18.9 Å². The van der Waals surface area contributed by atoms with Crippen molar-refractivity contribution < 1.29 is 4.74 Å². The van der Waals surface area contributed by atoms with Crippen LogP contribution in [0, 0.1) is 0 Å². The zero-order valence-corrected chi connectivity index (χ0v) is 9.60. The first-order chi connectivity index (χ1) is 8.36. The molecule has 0 bridgehead atoms. The maximum absolute atomic E-state index is 5.86. The number of nitrogen functional groups attached to an aromatic ring is 1. The van der Waals surface area contributed by atoms with Gasteiger partial charge in [-0.05, 0) is 12.8 Å². The summed E-state index contributed by atoms with van der Waals surface area (Å²) < 4.78 is 5.38. The van der Waals surface area contributed by atoms with E-state index in [2.05, 4.69) is 16.3 Å². The van der Waals surface area contributed by atoms with Gasteiger partial charge in [0.2, 0.25) is 0 Å². The second-order valence-corrected chi connectivity index (χ2v) is 4.40. The van der Waals surface area contributed by atoms with Crippen molar-refractivity contribution in [1.82, 2.24) is 10.2 Å². The maximum atomic E-state index is 5.86. The fourth-order valence-corrected chi connectivity index (χ4v) is 2.42. The van der Waals surface area contributed by atoms with Gasteiger partial charge in [-0.3, -0.25) is 0 Å². The van der Waals surface area contributed by atoms with E-state index in [1.54, 1.807) is 0 Å². The number of nitrogens with zero attached hydrogens (tertiary/aromatic N) is 2. The van der Waals surface area contributed by atoms with Crippen molar-refractivity contribution in [2.45, 2.75) is 18.8 Å². The second-order valence-electron chi connectivity index (χ2n) is 4.40. The summed E-state index contributed by atoms with van der Waals surface area (Å²) in [6, 6.07) is 8.08. The molecule has 0 atom stereocenters. The average Bonchev–Trinajstić information content (AvgIpc) is 2.41. The number of ether oxygens (including phenoxy) is 1. The van der Waals surface area contributed by atoms with Crippen molar-refractivity contribution in [1.29, 1.82) is 0 Å². The zero-order valence-electron chi connectivity index (χ0n) is 9.60. The molecular formula is C13H15N3O. The molecule has 1 aliphatic rings. The lowest BCUT2D eigenvalue weighted by Gasteiger charge is -2.22. The van der Waals surface area contributed by atoms with Crippen molar-refractivity contribution in [3.63, 3.8) is 0 Å². The van der Waals surface area contributed by atoms with Crippen molar-refractivity contribution in [2.24, 2.45) is 0 Å². The van der Waals surface area contributed by atoms with Gasteiger partial charge in [-0.25, -0.2) is 0 Å². The SMILES string of the molecule is Nc1nnc(C2CCOCC2)c2ccccc12. The van der Waals surface area contributed by atoms with Crippen LogP contribution in [0.5, 0.6) is 0 Å². The van der Waals surface area contributed by atoms with Crippen LogP contribution >= 0.6 is 0 Å². The maximum Gasteiger partial charge on any atom is 0.153 e. The van der Waals surface area contributed by atoms with Crippen LogP contribution in [0.25, 0.3) is 10.8 Å². The summed E-state index contributed by atoms with van der Waals surface area (Å²) in [5.74, 6) is 0.957. The van der Waals surface area contributed by atoms with Gasteiger partial charge in [-0.15, -0.1) is 5.10 Å². The fourth-order valence-electron chi connectivity index (χ4n) is 2.42. The van der Waals surface area contributed by atoms with Crippen LogP contribution in [0.3, 0.4) is 0 Å². The number of nitrogens with two attached hydrogens (primary N) is 1. The van der Waals surface area contributed by atoms with Crippen molar-refractivity contribution >= 4 is 16.6 Å². The van der Waals surface area contributed by atoms with Gasteiger partial charge < -0.3 is 10.5 Å². The molecular weight excluding hydrogens is 214 g/mol. The van der Waals surface area contributed by atoms with Crippen LogP contribution < -0.4 is 5.73 Å². The highest BCUT2D eigenvalue weighted by atomic mass is 16.5. The van der Waals surface area contributed by atoms with Gasteiger partial charge in [0.25, 0.3) is 0 Å². The topological polar surface area (TPSA) is 61.0 Å². The smallest absolute Gasteiger partial charge is 0.153 e. The Bertz CT molecular complexity index is 535. The van der Waals surface area contributed by atoms with Gasteiger partial charge in [0.05, 0.1) is 5.69 Å². The van der Waals surface area contributed by atoms with Crippen LogP contribution in [0.1, 0.15) is 24.5 Å². The van der Waals surface area contributed by atoms with Gasteiger partial charge in [-0.1, -0.05) is 24.3 Å². The normalized spacial score (nSPS) is 17.4. The largest absolute Gasteiger partial charge is 0.382 e. The van der Waals surface area contributed by atoms with E-state index in [1.165, 1.54) is 0 Å². The molecule has 0 unspecified atom stereocenters. The lowest BCUT2D eigenvalue weighted by molar-refractivity contribution is 0.0846. The predicted molar refractivity (Wildman–Crippen MR) is 66.7 cm³/mol. The van der Waals surface area contributed by atoms with Crippen molar-refractivity contribution in [3.05, 3.63) is 30.0 Å². The Morgan fingerprint density at radius 1 is 1.06 bits per heavy atom. The highest BCUT2D eigenvalue weighted by Crippen LogP contribution is 2.31. The first kappa shape index (κ1) is 10.5. The summed E-state index contributed by atoms with van der Waals surface area (Å²) in [7, 11) is 0. The molecule has 0 radical (unpaired) electrons. The molecule has 1 aromatic heterocycles. The molecule has 2 N–H and O–H groups in total. The molecule has 88 valence electrons. The fraction of sp³-hybridized carbons (Fsp3) is 0.385. The van der Waals surface area contributed by atoms with E-state index < -0.39 is 0 Å². The van der Waals surface area contributed by atoms with E-state index >= 15 is 0 Å². The third-order valence-corrected chi connectivity index (χ3v) is 3.35. The van der Waals surface area contributed by atoms with E-state index in [4.69, 9.17) is 10.5 Å². The Hall–Kier alpha value is -1.68. The highest BCUT2D eigenvalue weighted by Gasteiger charge is 2.20. The summed E-state index contributed by atoms with van der Waals surface area (Å²) in [4.78, 5) is 0. The van der Waals surface area contributed by atoms with Crippen LogP contribution in [0.2, 0.25) is 0 Å². The standard InChI is InChI=1S/C13H15N3O/c14-13-11-4-2-1-3-10(11)12(15-16-13)9-5-7-17-8-6-9/h1-4,9H,5-8H2,(H2,14,16). The number of fused-ring (bicyclic) bond motifs is 1. The number of benzene rings is 1. The Kier molecular flexibility index (Phi) is 2.65. The minimum atomic E-state index is 0.446. The lowest BCUT2D eigenvalue weighted by Crippen LogP contribution is -2.16. The third kappa shape index (κ3) is 1.85. The summed E-state index contributed by atoms with van der Waals surface area (Å²) in [6.07, 6.45) is 2.03. The second kappa shape index (κ2) is 4.30. The van der Waals surface area contributed by atoms with Crippen LogP contribution in [0.4, 0.5) is 5.82 Å². The van der Waals surface area contributed by atoms with Crippen LogP contribution in [-0.2, 0) is 4.74 Å². The summed E-state index contributed by atoms with van der Waals surface area (Å²) in [6.45, 7) is 1.62. The molecule has 1 fully saturated rings. The van der Waals surface area contributed by atoms with Crippen LogP contribution in [-0.4, -0.2) is 23.4 Å². The molecule has 4 heteroatoms. The van der Waals surface area contributed by atoms with Crippen molar-refractivity contribution in [3.8, 4) is 0 Å². The molecule has 17 heavy (non-hydrogen) atoms. The van der Waals surface area contributed by atoms with E-state index in [0.717, 1.165) is 42.5 Å². The van der Waals surface area contributed by atoms with Crippen LogP contribution in [0.15, 0.2) is 24.3 Å². The lowest BCUT2D eigenvalue weighted by atomic mass is 9.93. The van der Waals surface area contributed by atoms with Gasteiger partial charge in [-0.2, -0.15) is 5.10 Å². The van der Waals surface area contributed by atoms with E-state index in [0.29, 0.717) is 11.7 Å². The predicted octanol–water partition coefficient (Wildman–Crippen LogP) is 2.11. The molecule has 4 nitrogen and oxygen atoms in total. The molecule has 0 aliphatic carbocycles. The summed E-state index contributed by atoms with van der Waals surface area (Å²) in [5.41, 5.74) is 6.92. The molecule has 0 spiro atoms. The Morgan fingerprint density at radius 2 is 1.76 bits per heavy atom. The number of rotatable bonds is 1. The first-order valence-electron chi connectivity index (χ1n) is 5.95. The number of aromatic nitrogens is 2. The third-order valence-electron chi connectivity index (χ3n) is 3.35.